The van der Waals surface area contributed by atoms with E-state index >= 15 is 0 Å². The zero-order valence-electron chi connectivity index (χ0n) is 14.2. The van der Waals surface area contributed by atoms with Crippen LogP contribution in [0.2, 0.25) is 0 Å². The fourth-order valence-electron chi connectivity index (χ4n) is 2.97. The van der Waals surface area contributed by atoms with Gasteiger partial charge in [-0.2, -0.15) is 0 Å². The van der Waals surface area contributed by atoms with Crippen LogP contribution in [0.25, 0.3) is 0 Å². The summed E-state index contributed by atoms with van der Waals surface area (Å²) in [6, 6.07) is 11.3. The molecule has 1 aromatic heterocycles. The van der Waals surface area contributed by atoms with Gasteiger partial charge < -0.3 is 15.0 Å². The van der Waals surface area contributed by atoms with Crippen LogP contribution in [-0.4, -0.2) is 36.6 Å². The largest absolute Gasteiger partial charge is 0.462 e. The normalized spacial score (nSPS) is 13.1. The fourth-order valence-corrected chi connectivity index (χ4v) is 2.97. The molecule has 25 heavy (non-hydrogen) atoms. The highest BCUT2D eigenvalue weighted by atomic mass is 16.5. The second-order valence-electron chi connectivity index (χ2n) is 5.75. The molecule has 0 fully saturated rings. The summed E-state index contributed by atoms with van der Waals surface area (Å²) in [6.45, 7) is 2.80. The van der Waals surface area contributed by atoms with Crippen LogP contribution < -0.4 is 10.2 Å². The predicted octanol–water partition coefficient (Wildman–Crippen LogP) is 2.65. The summed E-state index contributed by atoms with van der Waals surface area (Å²) in [5.41, 5.74) is 2.48. The number of hydrogen-bond donors (Lipinski definition) is 1. The Labute approximate surface area is 146 Å². The van der Waals surface area contributed by atoms with Crippen molar-refractivity contribution in [2.24, 2.45) is 0 Å². The summed E-state index contributed by atoms with van der Waals surface area (Å²) in [5.74, 6) is -0.138. The Morgan fingerprint density at radius 3 is 2.92 bits per heavy atom. The van der Waals surface area contributed by atoms with Gasteiger partial charge in [0, 0.05) is 18.4 Å². The topological polar surface area (TPSA) is 71.5 Å². The van der Waals surface area contributed by atoms with Crippen LogP contribution in [-0.2, 0) is 16.0 Å². The minimum atomic E-state index is -0.450. The minimum Gasteiger partial charge on any atom is -0.462 e. The molecule has 130 valence electrons. The number of benzene rings is 1. The van der Waals surface area contributed by atoms with Gasteiger partial charge in [0.25, 0.3) is 0 Å². The number of rotatable bonds is 5. The maximum absolute atomic E-state index is 12.7. The summed E-state index contributed by atoms with van der Waals surface area (Å²) in [4.78, 5) is 30.6. The molecule has 0 saturated carbocycles. The van der Waals surface area contributed by atoms with Crippen LogP contribution in [0, 0.1) is 0 Å². The Kier molecular flexibility index (Phi) is 5.28. The van der Waals surface area contributed by atoms with Gasteiger partial charge in [-0.15, -0.1) is 0 Å². The third-order valence-electron chi connectivity index (χ3n) is 4.12. The molecule has 0 unspecified atom stereocenters. The number of esters is 1. The molecule has 0 spiro atoms. The van der Waals surface area contributed by atoms with Gasteiger partial charge in [0.2, 0.25) is 5.91 Å². The molecule has 1 amide bonds. The third-order valence-corrected chi connectivity index (χ3v) is 4.12. The minimum absolute atomic E-state index is 0.0485. The summed E-state index contributed by atoms with van der Waals surface area (Å²) in [7, 11) is 0. The van der Waals surface area contributed by atoms with E-state index in [1.54, 1.807) is 30.2 Å². The van der Waals surface area contributed by atoms with Crippen molar-refractivity contribution in [3.8, 4) is 0 Å². The second kappa shape index (κ2) is 7.79. The van der Waals surface area contributed by atoms with Crippen molar-refractivity contribution in [3.05, 3.63) is 53.7 Å². The van der Waals surface area contributed by atoms with Crippen LogP contribution in [0.1, 0.15) is 29.3 Å². The van der Waals surface area contributed by atoms with Crippen molar-refractivity contribution in [2.45, 2.75) is 19.8 Å². The Bertz CT molecular complexity index is 776. The number of carbonyl (C=O) groups excluding carboxylic acids is 2. The van der Waals surface area contributed by atoms with Gasteiger partial charge in [0.05, 0.1) is 13.2 Å². The van der Waals surface area contributed by atoms with Crippen LogP contribution in [0.15, 0.2) is 42.6 Å². The first-order valence-corrected chi connectivity index (χ1v) is 8.45. The summed E-state index contributed by atoms with van der Waals surface area (Å²) in [5, 5.41) is 2.98. The first-order chi connectivity index (χ1) is 12.2. The van der Waals surface area contributed by atoms with Gasteiger partial charge in [-0.1, -0.05) is 18.2 Å². The van der Waals surface area contributed by atoms with Crippen LogP contribution in [0.5, 0.6) is 0 Å². The average molecular weight is 339 g/mol. The van der Waals surface area contributed by atoms with Crippen LogP contribution in [0.4, 0.5) is 11.5 Å². The quantitative estimate of drug-likeness (QED) is 0.848. The number of aromatic nitrogens is 1. The Morgan fingerprint density at radius 2 is 2.08 bits per heavy atom. The van der Waals surface area contributed by atoms with E-state index in [2.05, 4.69) is 16.4 Å². The lowest BCUT2D eigenvalue weighted by Gasteiger charge is -2.29. The number of aryl methyl sites for hydroxylation is 1. The van der Waals surface area contributed by atoms with Gasteiger partial charge in [0.15, 0.2) is 0 Å². The van der Waals surface area contributed by atoms with Crippen LogP contribution >= 0.6 is 0 Å². The van der Waals surface area contributed by atoms with Crippen molar-refractivity contribution < 1.29 is 14.3 Å². The molecule has 1 aliphatic heterocycles. The van der Waals surface area contributed by atoms with Crippen molar-refractivity contribution in [1.82, 2.24) is 4.98 Å². The molecule has 0 saturated heterocycles. The number of pyridine rings is 1. The van der Waals surface area contributed by atoms with Gasteiger partial charge in [-0.3, -0.25) is 4.79 Å². The molecule has 6 heteroatoms. The standard InChI is InChI=1S/C19H21N3O3/c1-2-25-19(24)15-9-5-11-20-18(15)21-13-17(23)22-12-6-8-14-7-3-4-10-16(14)22/h3-5,7,9-11H,2,6,8,12-13H2,1H3,(H,20,21). The first-order valence-electron chi connectivity index (χ1n) is 8.45. The number of ether oxygens (including phenoxy) is 1. The number of nitrogens with zero attached hydrogens (tertiary/aromatic N) is 2. The van der Waals surface area contributed by atoms with E-state index in [1.165, 1.54) is 5.56 Å². The van der Waals surface area contributed by atoms with E-state index < -0.39 is 5.97 Å². The van der Waals surface area contributed by atoms with E-state index in [4.69, 9.17) is 4.74 Å². The molecule has 0 bridgehead atoms. The Morgan fingerprint density at radius 1 is 1.24 bits per heavy atom. The van der Waals surface area contributed by atoms with Gasteiger partial charge in [-0.25, -0.2) is 9.78 Å². The van der Waals surface area contributed by atoms with E-state index in [1.807, 2.05) is 18.2 Å². The molecule has 2 aromatic rings. The Balaban J connectivity index is 1.71. The Hall–Kier alpha value is -2.89. The maximum atomic E-state index is 12.7. The second-order valence-corrected chi connectivity index (χ2v) is 5.75. The number of para-hydroxylation sites is 1. The van der Waals surface area contributed by atoms with E-state index in [9.17, 15) is 9.59 Å². The monoisotopic (exact) mass is 339 g/mol. The molecule has 0 aliphatic carbocycles. The predicted molar refractivity (Wildman–Crippen MR) is 95.8 cm³/mol. The summed E-state index contributed by atoms with van der Waals surface area (Å²) in [6.07, 6.45) is 3.51. The number of nitrogens with one attached hydrogen (secondary N) is 1. The highest BCUT2D eigenvalue weighted by molar-refractivity contribution is 5.99. The zero-order chi connectivity index (χ0) is 17.6. The highest BCUT2D eigenvalue weighted by Gasteiger charge is 2.22. The molecule has 3 rings (SSSR count). The fraction of sp³-hybridized carbons (Fsp3) is 0.316. The van der Waals surface area contributed by atoms with E-state index in [-0.39, 0.29) is 19.1 Å². The van der Waals surface area contributed by atoms with Gasteiger partial charge in [0.1, 0.15) is 11.4 Å². The molecular formula is C19H21N3O3. The van der Waals surface area contributed by atoms with Crippen molar-refractivity contribution in [3.63, 3.8) is 0 Å². The van der Waals surface area contributed by atoms with Gasteiger partial charge >= 0.3 is 5.97 Å². The lowest BCUT2D eigenvalue weighted by atomic mass is 10.0. The number of anilines is 2. The molecular weight excluding hydrogens is 318 g/mol. The SMILES string of the molecule is CCOC(=O)c1cccnc1NCC(=O)N1CCCc2ccccc21. The molecule has 1 aliphatic rings. The number of amides is 1. The highest BCUT2D eigenvalue weighted by Crippen LogP contribution is 2.26. The van der Waals surface area contributed by atoms with Crippen molar-refractivity contribution in [2.75, 3.05) is 29.9 Å². The molecule has 0 atom stereocenters. The molecule has 2 heterocycles. The number of fused-ring (bicyclic) bond motifs is 1. The van der Waals surface area contributed by atoms with Crippen molar-refractivity contribution >= 4 is 23.4 Å². The summed E-state index contributed by atoms with van der Waals surface area (Å²) < 4.78 is 5.02. The molecule has 1 N–H and O–H groups in total. The lowest BCUT2D eigenvalue weighted by molar-refractivity contribution is -0.117. The average Bonchev–Trinajstić information content (AvgIpc) is 2.66. The number of hydrogen-bond acceptors (Lipinski definition) is 5. The maximum Gasteiger partial charge on any atom is 0.341 e. The smallest absolute Gasteiger partial charge is 0.341 e. The van der Waals surface area contributed by atoms with Crippen LogP contribution in [0.3, 0.4) is 0 Å². The zero-order valence-corrected chi connectivity index (χ0v) is 14.2. The van der Waals surface area contributed by atoms with Gasteiger partial charge in [-0.05, 0) is 43.5 Å². The number of carbonyl (C=O) groups is 2. The van der Waals surface area contributed by atoms with E-state index in [0.717, 1.165) is 18.5 Å². The summed E-state index contributed by atoms with van der Waals surface area (Å²) >= 11 is 0. The lowest BCUT2D eigenvalue weighted by Crippen LogP contribution is -2.39. The third kappa shape index (κ3) is 3.79. The molecule has 6 nitrogen and oxygen atoms in total. The molecule has 0 radical (unpaired) electrons. The van der Waals surface area contributed by atoms with E-state index in [0.29, 0.717) is 17.9 Å². The first kappa shape index (κ1) is 17.0. The van der Waals surface area contributed by atoms with Crippen molar-refractivity contribution in [1.29, 1.82) is 0 Å². The molecule has 1 aromatic carbocycles.